The van der Waals surface area contributed by atoms with E-state index < -0.39 is 0 Å². The number of benzene rings is 3. The number of hydrogen-bond acceptors (Lipinski definition) is 4. The molecule has 2 heterocycles. The van der Waals surface area contributed by atoms with Crippen molar-refractivity contribution in [2.75, 3.05) is 5.32 Å². The number of halogens is 1. The smallest absolute Gasteiger partial charge is 0.265 e. The van der Waals surface area contributed by atoms with E-state index in [9.17, 15) is 4.79 Å². The van der Waals surface area contributed by atoms with Crippen LogP contribution in [0.1, 0.15) is 15.4 Å². The number of nitrogens with zero attached hydrogens (tertiary/aromatic N) is 2. The van der Waals surface area contributed by atoms with Crippen molar-refractivity contribution in [1.82, 2.24) is 9.78 Å². The summed E-state index contributed by atoms with van der Waals surface area (Å²) in [4.78, 5) is 14.4. The number of thiophene rings is 1. The van der Waals surface area contributed by atoms with Crippen LogP contribution in [0.3, 0.4) is 0 Å². The van der Waals surface area contributed by atoms with Gasteiger partial charge in [0.2, 0.25) is 0 Å². The van der Waals surface area contributed by atoms with Gasteiger partial charge in [-0.15, -0.1) is 11.3 Å². The third-order valence-corrected chi connectivity index (χ3v) is 6.29. The Kier molecular flexibility index (Phi) is 5.39. The first-order chi connectivity index (χ1) is 15.6. The summed E-state index contributed by atoms with van der Waals surface area (Å²) in [6, 6.07) is 26.2. The number of ether oxygens (including phenoxy) is 1. The number of aromatic nitrogens is 2. The monoisotopic (exact) mass is 459 g/mol. The van der Waals surface area contributed by atoms with Gasteiger partial charge in [-0.2, -0.15) is 5.10 Å². The molecule has 0 saturated heterocycles. The number of hydrogen-bond donors (Lipinski definition) is 1. The van der Waals surface area contributed by atoms with E-state index >= 15 is 0 Å². The minimum absolute atomic E-state index is 0.162. The summed E-state index contributed by atoms with van der Waals surface area (Å²) in [6.45, 7) is 1.94. The maximum atomic E-state index is 12.9. The predicted octanol–water partition coefficient (Wildman–Crippen LogP) is 7.09. The molecule has 3 aromatic carbocycles. The predicted molar refractivity (Wildman–Crippen MR) is 130 cm³/mol. The molecule has 0 radical (unpaired) electrons. The standard InChI is InChI=1S/C25H18ClN3O2S/c1-16-22-15-23(32-25(22)29(28-16)19-11-7-17(26)8-12-19)24(30)27-18-9-13-21(14-10-18)31-20-5-3-2-4-6-20/h2-15H,1H3,(H,27,30). The molecule has 5 rings (SSSR count). The Balaban J connectivity index is 1.35. The summed E-state index contributed by atoms with van der Waals surface area (Å²) in [5, 5.41) is 9.20. The zero-order chi connectivity index (χ0) is 22.1. The van der Waals surface area contributed by atoms with Crippen LogP contribution in [0, 0.1) is 6.92 Å². The molecule has 0 fully saturated rings. The fourth-order valence-electron chi connectivity index (χ4n) is 3.34. The Morgan fingerprint density at radius 1 is 0.969 bits per heavy atom. The summed E-state index contributed by atoms with van der Waals surface area (Å²) >= 11 is 7.41. The maximum Gasteiger partial charge on any atom is 0.265 e. The average molecular weight is 460 g/mol. The fraction of sp³-hybridized carbons (Fsp3) is 0.0400. The normalized spacial score (nSPS) is 10.9. The zero-order valence-corrected chi connectivity index (χ0v) is 18.7. The van der Waals surface area contributed by atoms with Crippen LogP contribution in [0.5, 0.6) is 11.5 Å². The van der Waals surface area contributed by atoms with Crippen molar-refractivity contribution in [1.29, 1.82) is 0 Å². The lowest BCUT2D eigenvalue weighted by Crippen LogP contribution is -2.10. The van der Waals surface area contributed by atoms with E-state index in [2.05, 4.69) is 10.4 Å². The second-order valence-electron chi connectivity index (χ2n) is 7.20. The van der Waals surface area contributed by atoms with Gasteiger partial charge >= 0.3 is 0 Å². The molecule has 158 valence electrons. The van der Waals surface area contributed by atoms with Crippen LogP contribution in [0.15, 0.2) is 84.9 Å². The number of aryl methyl sites for hydroxylation is 1. The third kappa shape index (κ3) is 4.10. The first-order valence-electron chi connectivity index (χ1n) is 9.96. The molecule has 7 heteroatoms. The highest BCUT2D eigenvalue weighted by molar-refractivity contribution is 7.20. The van der Waals surface area contributed by atoms with Crippen LogP contribution in [0.25, 0.3) is 15.9 Å². The van der Waals surface area contributed by atoms with Gasteiger partial charge in [-0.05, 0) is 73.7 Å². The summed E-state index contributed by atoms with van der Waals surface area (Å²) in [7, 11) is 0. The van der Waals surface area contributed by atoms with Crippen molar-refractivity contribution in [3.63, 3.8) is 0 Å². The molecule has 5 nitrogen and oxygen atoms in total. The van der Waals surface area contributed by atoms with Gasteiger partial charge in [-0.3, -0.25) is 4.79 Å². The van der Waals surface area contributed by atoms with Crippen molar-refractivity contribution >= 4 is 44.7 Å². The lowest BCUT2D eigenvalue weighted by atomic mass is 10.2. The first-order valence-corrected chi connectivity index (χ1v) is 11.2. The maximum absolute atomic E-state index is 12.9. The SMILES string of the molecule is Cc1nn(-c2ccc(Cl)cc2)c2sc(C(=O)Nc3ccc(Oc4ccccc4)cc3)cc12. The molecule has 0 aliphatic carbocycles. The molecule has 1 N–H and O–H groups in total. The molecule has 0 bridgehead atoms. The second-order valence-corrected chi connectivity index (χ2v) is 8.66. The zero-order valence-electron chi connectivity index (χ0n) is 17.1. The van der Waals surface area contributed by atoms with Gasteiger partial charge in [0.15, 0.2) is 0 Å². The Morgan fingerprint density at radius 3 is 2.38 bits per heavy atom. The van der Waals surface area contributed by atoms with E-state index in [0.717, 1.165) is 27.3 Å². The molecular weight excluding hydrogens is 442 g/mol. The first kappa shape index (κ1) is 20.3. The van der Waals surface area contributed by atoms with Gasteiger partial charge in [0.25, 0.3) is 5.91 Å². The quantitative estimate of drug-likeness (QED) is 0.305. The molecule has 1 amide bonds. The van der Waals surface area contributed by atoms with E-state index in [-0.39, 0.29) is 5.91 Å². The largest absolute Gasteiger partial charge is 0.457 e. The fourth-order valence-corrected chi connectivity index (χ4v) is 4.54. The Labute approximate surface area is 193 Å². The van der Waals surface area contributed by atoms with E-state index in [1.807, 2.05) is 96.5 Å². The lowest BCUT2D eigenvalue weighted by molar-refractivity contribution is 0.103. The molecule has 0 unspecified atom stereocenters. The van der Waals surface area contributed by atoms with Gasteiger partial charge in [0, 0.05) is 16.1 Å². The van der Waals surface area contributed by atoms with E-state index in [1.54, 1.807) is 0 Å². The van der Waals surface area contributed by atoms with Crippen LogP contribution in [-0.4, -0.2) is 15.7 Å². The van der Waals surface area contributed by atoms with Crippen LogP contribution in [0.4, 0.5) is 5.69 Å². The van der Waals surface area contributed by atoms with Gasteiger partial charge in [-0.25, -0.2) is 4.68 Å². The highest BCUT2D eigenvalue weighted by Crippen LogP contribution is 2.31. The second kappa shape index (κ2) is 8.49. The average Bonchev–Trinajstić information content (AvgIpc) is 3.37. The highest BCUT2D eigenvalue weighted by atomic mass is 35.5. The molecule has 0 aliphatic rings. The number of carbonyl (C=O) groups is 1. The molecule has 0 atom stereocenters. The summed E-state index contributed by atoms with van der Waals surface area (Å²) < 4.78 is 7.64. The van der Waals surface area contributed by atoms with E-state index in [0.29, 0.717) is 21.3 Å². The van der Waals surface area contributed by atoms with Crippen LogP contribution in [0.2, 0.25) is 5.02 Å². The van der Waals surface area contributed by atoms with Crippen LogP contribution < -0.4 is 10.1 Å². The highest BCUT2D eigenvalue weighted by Gasteiger charge is 2.17. The number of rotatable bonds is 5. The summed E-state index contributed by atoms with van der Waals surface area (Å²) in [5.74, 6) is 1.30. The number of carbonyl (C=O) groups excluding carboxylic acids is 1. The Morgan fingerprint density at radius 2 is 1.66 bits per heavy atom. The van der Waals surface area contributed by atoms with Gasteiger partial charge in [-0.1, -0.05) is 29.8 Å². The van der Waals surface area contributed by atoms with Gasteiger partial charge < -0.3 is 10.1 Å². The van der Waals surface area contributed by atoms with Crippen molar-refractivity contribution in [3.05, 3.63) is 101 Å². The van der Waals surface area contributed by atoms with Gasteiger partial charge in [0.1, 0.15) is 16.3 Å². The van der Waals surface area contributed by atoms with Crippen LogP contribution in [-0.2, 0) is 0 Å². The number of amides is 1. The molecule has 32 heavy (non-hydrogen) atoms. The minimum atomic E-state index is -0.162. The number of para-hydroxylation sites is 1. The van der Waals surface area contributed by atoms with Crippen molar-refractivity contribution in [2.45, 2.75) is 6.92 Å². The van der Waals surface area contributed by atoms with E-state index in [4.69, 9.17) is 16.3 Å². The molecular formula is C25H18ClN3O2S. The number of nitrogens with one attached hydrogen (secondary N) is 1. The molecule has 0 aliphatic heterocycles. The molecule has 0 spiro atoms. The number of fused-ring (bicyclic) bond motifs is 1. The molecule has 5 aromatic rings. The number of anilines is 1. The third-order valence-electron chi connectivity index (χ3n) is 4.93. The van der Waals surface area contributed by atoms with Crippen molar-refractivity contribution in [3.8, 4) is 17.2 Å². The Bertz CT molecular complexity index is 1390. The minimum Gasteiger partial charge on any atom is -0.457 e. The van der Waals surface area contributed by atoms with Gasteiger partial charge in [0.05, 0.1) is 16.3 Å². The molecule has 0 saturated carbocycles. The lowest BCUT2D eigenvalue weighted by Gasteiger charge is -2.07. The molecule has 2 aromatic heterocycles. The van der Waals surface area contributed by atoms with Crippen LogP contribution >= 0.6 is 22.9 Å². The van der Waals surface area contributed by atoms with E-state index in [1.165, 1.54) is 11.3 Å². The van der Waals surface area contributed by atoms with Crippen molar-refractivity contribution in [2.24, 2.45) is 0 Å². The van der Waals surface area contributed by atoms with Crippen molar-refractivity contribution < 1.29 is 9.53 Å². The summed E-state index contributed by atoms with van der Waals surface area (Å²) in [6.07, 6.45) is 0. The topological polar surface area (TPSA) is 56.2 Å². The summed E-state index contributed by atoms with van der Waals surface area (Å²) in [5.41, 5.74) is 2.46. The Hall–Kier alpha value is -3.61.